The number of nitrogens with zero attached hydrogens (tertiary/aromatic N) is 4. The molecular weight excluding hydrogens is 380 g/mol. The van der Waals surface area contributed by atoms with Crippen LogP contribution in [0.2, 0.25) is 0 Å². The van der Waals surface area contributed by atoms with E-state index in [1.54, 1.807) is 0 Å². The number of hydrogen-bond donors (Lipinski definition) is 0. The fraction of sp³-hybridized carbons (Fsp3) is 0.519. The van der Waals surface area contributed by atoms with E-state index in [0.717, 1.165) is 24.4 Å². The number of imidazole rings is 1. The Morgan fingerprint density at radius 3 is 1.94 bits per heavy atom. The van der Waals surface area contributed by atoms with Gasteiger partial charge in [-0.05, 0) is 61.6 Å². The summed E-state index contributed by atoms with van der Waals surface area (Å²) < 4.78 is 2.18. The van der Waals surface area contributed by atoms with Crippen LogP contribution in [0.3, 0.4) is 0 Å². The minimum atomic E-state index is 0.972. The number of unbranched alkanes of at least 4 members (excludes halogenated alkanes) is 10. The molecule has 0 N–H and O–H groups in total. The van der Waals surface area contributed by atoms with Gasteiger partial charge in [-0.15, -0.1) is 0 Å². The van der Waals surface area contributed by atoms with Gasteiger partial charge >= 0.3 is 0 Å². The van der Waals surface area contributed by atoms with Gasteiger partial charge in [0.05, 0.1) is 17.7 Å². The van der Waals surface area contributed by atoms with Crippen LogP contribution in [0.4, 0.5) is 0 Å². The van der Waals surface area contributed by atoms with Crippen molar-refractivity contribution in [1.29, 1.82) is 0 Å². The van der Waals surface area contributed by atoms with Crippen molar-refractivity contribution in [3.63, 3.8) is 0 Å². The van der Waals surface area contributed by atoms with Crippen molar-refractivity contribution in [2.75, 3.05) is 0 Å². The monoisotopic (exact) mass is 418 g/mol. The Morgan fingerprint density at radius 2 is 1.29 bits per heavy atom. The van der Waals surface area contributed by atoms with Crippen molar-refractivity contribution in [3.8, 4) is 11.4 Å². The van der Waals surface area contributed by atoms with Gasteiger partial charge in [-0.2, -0.15) is 0 Å². The first-order valence-corrected chi connectivity index (χ1v) is 12.1. The maximum atomic E-state index is 4.51. The number of aromatic nitrogens is 4. The highest BCUT2D eigenvalue weighted by Crippen LogP contribution is 2.18. The average molecular weight is 419 g/mol. The number of rotatable bonds is 15. The second-order valence-electron chi connectivity index (χ2n) is 8.71. The molecule has 3 heterocycles. The molecule has 4 heteroatoms. The Bertz CT molecular complexity index is 857. The van der Waals surface area contributed by atoms with E-state index in [4.69, 9.17) is 0 Å². The van der Waals surface area contributed by atoms with E-state index >= 15 is 0 Å². The van der Waals surface area contributed by atoms with Crippen LogP contribution in [0.15, 0.2) is 55.4 Å². The molecule has 0 atom stereocenters. The zero-order chi connectivity index (χ0) is 21.6. The van der Waals surface area contributed by atoms with Gasteiger partial charge in [0.1, 0.15) is 0 Å². The summed E-state index contributed by atoms with van der Waals surface area (Å²) in [5, 5.41) is 0. The molecule has 0 saturated heterocycles. The van der Waals surface area contributed by atoms with E-state index < -0.39 is 0 Å². The summed E-state index contributed by atoms with van der Waals surface area (Å²) in [6.07, 6.45) is 25.7. The Morgan fingerprint density at radius 1 is 0.677 bits per heavy atom. The van der Waals surface area contributed by atoms with E-state index in [9.17, 15) is 0 Å². The van der Waals surface area contributed by atoms with Gasteiger partial charge in [-0.25, -0.2) is 4.98 Å². The highest BCUT2D eigenvalue weighted by molar-refractivity contribution is 5.55. The summed E-state index contributed by atoms with van der Waals surface area (Å²) in [5.41, 5.74) is 4.56. The molecule has 0 aromatic carbocycles. The van der Waals surface area contributed by atoms with Gasteiger partial charge < -0.3 is 4.57 Å². The third kappa shape index (κ3) is 9.04. The van der Waals surface area contributed by atoms with E-state index in [0.29, 0.717) is 0 Å². The van der Waals surface area contributed by atoms with Gasteiger partial charge in [0.25, 0.3) is 0 Å². The SMILES string of the molecule is Cc1ccnc(-c2cc(CCCCCCCCCCCCCn3ccnc3)ccn2)c1. The lowest BCUT2D eigenvalue weighted by molar-refractivity contribution is 0.529. The van der Waals surface area contributed by atoms with Crippen molar-refractivity contribution >= 4 is 0 Å². The summed E-state index contributed by atoms with van der Waals surface area (Å²) >= 11 is 0. The van der Waals surface area contributed by atoms with E-state index in [2.05, 4.69) is 50.8 Å². The molecule has 3 aromatic heterocycles. The summed E-state index contributed by atoms with van der Waals surface area (Å²) in [5.74, 6) is 0. The topological polar surface area (TPSA) is 43.6 Å². The van der Waals surface area contributed by atoms with E-state index in [1.807, 2.05) is 31.0 Å². The predicted molar refractivity (Wildman–Crippen MR) is 129 cm³/mol. The molecule has 0 unspecified atom stereocenters. The van der Waals surface area contributed by atoms with Crippen LogP contribution >= 0.6 is 0 Å². The molecule has 0 spiro atoms. The Balaban J connectivity index is 1.17. The molecule has 4 nitrogen and oxygen atoms in total. The predicted octanol–water partition coefficient (Wildman–Crippen LogP) is 7.18. The molecule has 0 saturated carbocycles. The summed E-state index contributed by atoms with van der Waals surface area (Å²) in [7, 11) is 0. The number of pyridine rings is 2. The smallest absolute Gasteiger partial charge is 0.0945 e. The fourth-order valence-corrected chi connectivity index (χ4v) is 4.08. The molecule has 0 bridgehead atoms. The summed E-state index contributed by atoms with van der Waals surface area (Å²) in [4.78, 5) is 13.1. The largest absolute Gasteiger partial charge is 0.337 e. The van der Waals surface area contributed by atoms with Crippen LogP contribution in [0, 0.1) is 6.92 Å². The highest BCUT2D eigenvalue weighted by Gasteiger charge is 2.03. The van der Waals surface area contributed by atoms with Crippen molar-refractivity contribution in [1.82, 2.24) is 19.5 Å². The molecule has 0 fully saturated rings. The lowest BCUT2D eigenvalue weighted by Gasteiger charge is -2.06. The first kappa shape index (κ1) is 23.2. The molecule has 3 rings (SSSR count). The molecule has 3 aromatic rings. The highest BCUT2D eigenvalue weighted by atomic mass is 15.0. The first-order valence-electron chi connectivity index (χ1n) is 12.1. The van der Waals surface area contributed by atoms with Gasteiger partial charge in [0.15, 0.2) is 0 Å². The standard InChI is InChI=1S/C27H38N4/c1-24-14-16-29-26(21-24)27-22-25(15-17-30-27)13-11-9-7-5-3-2-4-6-8-10-12-19-31-20-18-28-23-31/h14-18,20-23H,2-13,19H2,1H3. The molecule has 166 valence electrons. The zero-order valence-corrected chi connectivity index (χ0v) is 19.2. The second-order valence-corrected chi connectivity index (χ2v) is 8.71. The zero-order valence-electron chi connectivity index (χ0n) is 19.2. The Labute approximate surface area is 188 Å². The van der Waals surface area contributed by atoms with Crippen molar-refractivity contribution in [2.45, 2.75) is 90.5 Å². The van der Waals surface area contributed by atoms with Crippen molar-refractivity contribution in [2.24, 2.45) is 0 Å². The lowest BCUT2D eigenvalue weighted by atomic mass is 10.0. The third-order valence-electron chi connectivity index (χ3n) is 5.94. The van der Waals surface area contributed by atoms with Crippen molar-refractivity contribution in [3.05, 3.63) is 66.5 Å². The van der Waals surface area contributed by atoms with E-state index in [1.165, 1.54) is 81.8 Å². The first-order chi connectivity index (χ1) is 15.3. The molecule has 0 aliphatic carbocycles. The number of hydrogen-bond acceptors (Lipinski definition) is 3. The molecule has 0 amide bonds. The molecule has 31 heavy (non-hydrogen) atoms. The quantitative estimate of drug-likeness (QED) is 0.245. The third-order valence-corrected chi connectivity index (χ3v) is 5.94. The van der Waals surface area contributed by atoms with Crippen LogP contribution in [-0.4, -0.2) is 19.5 Å². The minimum Gasteiger partial charge on any atom is -0.337 e. The van der Waals surface area contributed by atoms with Crippen LogP contribution < -0.4 is 0 Å². The van der Waals surface area contributed by atoms with Crippen LogP contribution in [0.1, 0.15) is 81.8 Å². The van der Waals surface area contributed by atoms with Crippen LogP contribution in [-0.2, 0) is 13.0 Å². The van der Waals surface area contributed by atoms with Crippen LogP contribution in [0.5, 0.6) is 0 Å². The molecule has 0 aliphatic heterocycles. The molecular formula is C27H38N4. The Kier molecular flexibility index (Phi) is 10.3. The molecule has 0 radical (unpaired) electrons. The summed E-state index contributed by atoms with van der Waals surface area (Å²) in [6, 6.07) is 8.48. The number of aryl methyl sites for hydroxylation is 3. The maximum Gasteiger partial charge on any atom is 0.0945 e. The van der Waals surface area contributed by atoms with Gasteiger partial charge in [0.2, 0.25) is 0 Å². The fourth-order valence-electron chi connectivity index (χ4n) is 4.08. The Hall–Kier alpha value is -2.49. The normalized spacial score (nSPS) is 11.1. The molecule has 0 aliphatic rings. The van der Waals surface area contributed by atoms with Gasteiger partial charge in [-0.3, -0.25) is 9.97 Å². The van der Waals surface area contributed by atoms with Crippen molar-refractivity contribution < 1.29 is 0 Å². The van der Waals surface area contributed by atoms with E-state index in [-0.39, 0.29) is 0 Å². The second kappa shape index (κ2) is 13.7. The minimum absolute atomic E-state index is 0.972. The average Bonchev–Trinajstić information content (AvgIpc) is 3.31. The van der Waals surface area contributed by atoms with Gasteiger partial charge in [-0.1, -0.05) is 57.8 Å². The van der Waals surface area contributed by atoms with Gasteiger partial charge in [0, 0.05) is 31.3 Å². The maximum absolute atomic E-state index is 4.51. The summed E-state index contributed by atoms with van der Waals surface area (Å²) in [6.45, 7) is 3.21. The van der Waals surface area contributed by atoms with Crippen LogP contribution in [0.25, 0.3) is 11.4 Å². The lowest BCUT2D eigenvalue weighted by Crippen LogP contribution is -1.94.